The number of thiophene rings is 1. The van der Waals surface area contributed by atoms with Gasteiger partial charge in [0.25, 0.3) is 0 Å². The molecule has 2 nitrogen and oxygen atoms in total. The number of anilines is 1. The van der Waals surface area contributed by atoms with Gasteiger partial charge in [0.15, 0.2) is 0 Å². The van der Waals surface area contributed by atoms with Crippen LogP contribution in [-0.4, -0.2) is 4.98 Å². The third kappa shape index (κ3) is 1.82. The molecule has 0 unspecified atom stereocenters. The molecule has 80 valence electrons. The molecule has 1 aromatic carbocycles. The molecule has 2 aromatic heterocycles. The zero-order valence-corrected chi connectivity index (χ0v) is 9.55. The summed E-state index contributed by atoms with van der Waals surface area (Å²) in [4.78, 5) is 3.23. The maximum Gasteiger partial charge on any atom is 0.0457 e. The third-order valence-corrected chi connectivity index (χ3v) is 3.32. The second-order valence-corrected chi connectivity index (χ2v) is 4.54. The van der Waals surface area contributed by atoms with Gasteiger partial charge in [0.05, 0.1) is 0 Å². The van der Waals surface area contributed by atoms with Crippen molar-refractivity contribution in [2.45, 2.75) is 6.54 Å². The Labute approximate surface area is 97.9 Å². The van der Waals surface area contributed by atoms with Gasteiger partial charge in [0, 0.05) is 29.3 Å². The lowest BCUT2D eigenvalue weighted by molar-refractivity contribution is 1.16. The molecule has 0 aliphatic rings. The zero-order valence-electron chi connectivity index (χ0n) is 8.73. The second-order valence-electron chi connectivity index (χ2n) is 3.76. The highest BCUT2D eigenvalue weighted by Crippen LogP contribution is 2.16. The molecule has 0 radical (unpaired) electrons. The molecule has 0 aliphatic carbocycles. The molecule has 2 N–H and O–H groups in total. The first kappa shape index (κ1) is 9.48. The quantitative estimate of drug-likeness (QED) is 0.700. The first-order valence-electron chi connectivity index (χ1n) is 5.24. The highest BCUT2D eigenvalue weighted by atomic mass is 32.1. The second kappa shape index (κ2) is 4.02. The summed E-state index contributed by atoms with van der Waals surface area (Å²) in [7, 11) is 0. The fraction of sp³-hybridized carbons (Fsp3) is 0.0769. The Hall–Kier alpha value is -1.74. The van der Waals surface area contributed by atoms with Crippen LogP contribution >= 0.6 is 11.3 Å². The van der Waals surface area contributed by atoms with Gasteiger partial charge in [-0.3, -0.25) is 0 Å². The van der Waals surface area contributed by atoms with E-state index in [2.05, 4.69) is 51.4 Å². The van der Waals surface area contributed by atoms with Gasteiger partial charge in [0.2, 0.25) is 0 Å². The maximum atomic E-state index is 3.39. The van der Waals surface area contributed by atoms with Crippen molar-refractivity contribution in [2.75, 3.05) is 5.32 Å². The lowest BCUT2D eigenvalue weighted by atomic mass is 10.1. The lowest BCUT2D eigenvalue weighted by Gasteiger charge is -2.04. The smallest absolute Gasteiger partial charge is 0.0457 e. The number of fused-ring (bicyclic) bond motifs is 1. The minimum absolute atomic E-state index is 0.867. The van der Waals surface area contributed by atoms with Crippen LogP contribution in [0.3, 0.4) is 0 Å². The number of rotatable bonds is 3. The summed E-state index contributed by atoms with van der Waals surface area (Å²) in [6.07, 6.45) is 1.97. The van der Waals surface area contributed by atoms with E-state index >= 15 is 0 Å². The topological polar surface area (TPSA) is 27.8 Å². The number of hydrogen-bond acceptors (Lipinski definition) is 2. The molecular weight excluding hydrogens is 216 g/mol. The van der Waals surface area contributed by atoms with E-state index in [1.54, 1.807) is 11.3 Å². The molecule has 16 heavy (non-hydrogen) atoms. The van der Waals surface area contributed by atoms with Gasteiger partial charge >= 0.3 is 0 Å². The summed E-state index contributed by atoms with van der Waals surface area (Å²) in [6, 6.07) is 10.7. The van der Waals surface area contributed by atoms with Crippen molar-refractivity contribution >= 4 is 27.9 Å². The Morgan fingerprint density at radius 3 is 3.06 bits per heavy atom. The largest absolute Gasteiger partial charge is 0.380 e. The molecule has 3 rings (SSSR count). The number of aromatic nitrogens is 1. The van der Waals surface area contributed by atoms with Crippen molar-refractivity contribution in [3.63, 3.8) is 0 Å². The van der Waals surface area contributed by atoms with Gasteiger partial charge in [-0.25, -0.2) is 0 Å². The summed E-state index contributed by atoms with van der Waals surface area (Å²) in [6.45, 7) is 0.867. The number of hydrogen-bond donors (Lipinski definition) is 2. The number of nitrogens with one attached hydrogen (secondary N) is 2. The summed E-state index contributed by atoms with van der Waals surface area (Å²) in [5.41, 5.74) is 3.68. The van der Waals surface area contributed by atoms with Crippen LogP contribution < -0.4 is 5.32 Å². The average Bonchev–Trinajstić information content (AvgIpc) is 2.97. The van der Waals surface area contributed by atoms with Crippen LogP contribution in [0.25, 0.3) is 10.9 Å². The fourth-order valence-corrected chi connectivity index (χ4v) is 2.39. The van der Waals surface area contributed by atoms with E-state index in [0.29, 0.717) is 0 Å². The molecule has 0 spiro atoms. The van der Waals surface area contributed by atoms with Crippen LogP contribution in [0, 0.1) is 0 Å². The molecule has 0 saturated carbocycles. The van der Waals surface area contributed by atoms with Crippen LogP contribution in [0.2, 0.25) is 0 Å². The Morgan fingerprint density at radius 1 is 1.19 bits per heavy atom. The van der Waals surface area contributed by atoms with Crippen LogP contribution in [0.1, 0.15) is 5.56 Å². The molecule has 2 heterocycles. The molecular formula is C13H12N2S. The average molecular weight is 228 g/mol. The first-order valence-corrected chi connectivity index (χ1v) is 6.18. The van der Waals surface area contributed by atoms with Crippen LogP contribution in [0.4, 0.5) is 5.69 Å². The zero-order chi connectivity index (χ0) is 10.8. The third-order valence-electron chi connectivity index (χ3n) is 2.64. The van der Waals surface area contributed by atoms with Crippen molar-refractivity contribution < 1.29 is 0 Å². The highest BCUT2D eigenvalue weighted by molar-refractivity contribution is 7.08. The standard InChI is InChI=1S/C13H12N2S/c1-2-11-3-5-14-13(11)7-10(1)8-15-12-4-6-16-9-12/h1-7,9,14-15H,8H2. The molecule has 0 amide bonds. The van der Waals surface area contributed by atoms with Gasteiger partial charge < -0.3 is 10.3 Å². The lowest BCUT2D eigenvalue weighted by Crippen LogP contribution is -1.97. The minimum Gasteiger partial charge on any atom is -0.380 e. The molecule has 0 saturated heterocycles. The molecule has 0 bridgehead atoms. The summed E-state index contributed by atoms with van der Waals surface area (Å²) < 4.78 is 0. The Balaban J connectivity index is 1.78. The monoisotopic (exact) mass is 228 g/mol. The predicted octanol–water partition coefficient (Wildman–Crippen LogP) is 3.84. The van der Waals surface area contributed by atoms with E-state index in [0.717, 1.165) is 6.54 Å². The van der Waals surface area contributed by atoms with Crippen LogP contribution in [0.15, 0.2) is 47.3 Å². The van der Waals surface area contributed by atoms with Crippen molar-refractivity contribution in [3.05, 3.63) is 52.9 Å². The molecule has 0 atom stereocenters. The summed E-state index contributed by atoms with van der Waals surface area (Å²) >= 11 is 1.71. The van der Waals surface area contributed by atoms with E-state index in [4.69, 9.17) is 0 Å². The minimum atomic E-state index is 0.867. The Kier molecular flexibility index (Phi) is 2.38. The van der Waals surface area contributed by atoms with Gasteiger partial charge in [-0.05, 0) is 34.5 Å². The van der Waals surface area contributed by atoms with Crippen molar-refractivity contribution in [3.8, 4) is 0 Å². The fourth-order valence-electron chi connectivity index (χ4n) is 1.77. The van der Waals surface area contributed by atoms with Crippen molar-refractivity contribution in [2.24, 2.45) is 0 Å². The van der Waals surface area contributed by atoms with Crippen molar-refractivity contribution in [1.82, 2.24) is 4.98 Å². The van der Waals surface area contributed by atoms with Gasteiger partial charge in [-0.1, -0.05) is 12.1 Å². The Bertz CT molecular complexity index is 581. The van der Waals surface area contributed by atoms with E-state index in [1.165, 1.54) is 22.2 Å². The molecule has 0 fully saturated rings. The number of benzene rings is 1. The Morgan fingerprint density at radius 2 is 2.19 bits per heavy atom. The van der Waals surface area contributed by atoms with Crippen molar-refractivity contribution in [1.29, 1.82) is 0 Å². The molecule has 0 aliphatic heterocycles. The van der Waals surface area contributed by atoms with Crippen LogP contribution in [-0.2, 0) is 6.54 Å². The van der Waals surface area contributed by atoms with E-state index in [1.807, 2.05) is 6.20 Å². The van der Waals surface area contributed by atoms with E-state index < -0.39 is 0 Å². The normalized spacial score (nSPS) is 10.8. The molecule has 3 heteroatoms. The summed E-state index contributed by atoms with van der Waals surface area (Å²) in [5.74, 6) is 0. The SMILES string of the molecule is c1cc2ccc(CNc3ccsc3)cc2[nH]1. The van der Waals surface area contributed by atoms with E-state index in [9.17, 15) is 0 Å². The van der Waals surface area contributed by atoms with Gasteiger partial charge in [0.1, 0.15) is 0 Å². The van der Waals surface area contributed by atoms with Gasteiger partial charge in [-0.2, -0.15) is 11.3 Å². The number of H-pyrrole nitrogens is 1. The highest BCUT2D eigenvalue weighted by Gasteiger charge is 1.97. The van der Waals surface area contributed by atoms with Crippen LogP contribution in [0.5, 0.6) is 0 Å². The summed E-state index contributed by atoms with van der Waals surface area (Å²) in [5, 5.41) is 8.86. The van der Waals surface area contributed by atoms with Gasteiger partial charge in [-0.15, -0.1) is 0 Å². The first-order chi connectivity index (χ1) is 7.92. The molecule has 3 aromatic rings. The number of aromatic amines is 1. The predicted molar refractivity (Wildman–Crippen MR) is 69.9 cm³/mol. The maximum absolute atomic E-state index is 3.39. The van der Waals surface area contributed by atoms with E-state index in [-0.39, 0.29) is 0 Å².